The maximum Gasteiger partial charge on any atom is 0.241 e. The van der Waals surface area contributed by atoms with E-state index in [0.717, 1.165) is 24.1 Å². The molecule has 3 nitrogen and oxygen atoms in total. The molecular weight excluding hydrogens is 327 g/mol. The molecule has 1 N–H and O–H groups in total. The second-order valence-electron chi connectivity index (χ2n) is 6.20. The van der Waals surface area contributed by atoms with Crippen LogP contribution < -0.4 is 5.32 Å². The molecule has 1 atom stereocenters. The Balaban J connectivity index is 1.67. The standard InChI is InChI=1S/C19H20ClFN2O/c1-13(19(24)22-17-8-4-15(20)5-9-17)23(18-10-11-18)12-14-2-6-16(21)7-3-14/h2-9,13,18H,10-12H2,1H3,(H,22,24)/t13-/m1/s1. The number of rotatable bonds is 6. The van der Waals surface area contributed by atoms with Crippen LogP contribution in [0, 0.1) is 5.82 Å². The van der Waals surface area contributed by atoms with Crippen LogP contribution in [-0.2, 0) is 11.3 Å². The predicted molar refractivity (Wildman–Crippen MR) is 94.5 cm³/mol. The summed E-state index contributed by atoms with van der Waals surface area (Å²) < 4.78 is 13.1. The van der Waals surface area contributed by atoms with Gasteiger partial charge < -0.3 is 5.32 Å². The molecule has 24 heavy (non-hydrogen) atoms. The third-order valence-electron chi connectivity index (χ3n) is 4.28. The summed E-state index contributed by atoms with van der Waals surface area (Å²) >= 11 is 5.86. The van der Waals surface area contributed by atoms with E-state index in [0.29, 0.717) is 17.6 Å². The van der Waals surface area contributed by atoms with Crippen molar-refractivity contribution in [3.05, 3.63) is 64.9 Å². The van der Waals surface area contributed by atoms with Gasteiger partial charge in [0.05, 0.1) is 6.04 Å². The molecule has 1 aliphatic carbocycles. The Labute approximate surface area is 146 Å². The van der Waals surface area contributed by atoms with Gasteiger partial charge in [0.25, 0.3) is 0 Å². The average Bonchev–Trinajstić information content (AvgIpc) is 3.40. The molecule has 0 aliphatic heterocycles. The van der Waals surface area contributed by atoms with Gasteiger partial charge in [-0.1, -0.05) is 23.7 Å². The molecule has 5 heteroatoms. The van der Waals surface area contributed by atoms with Crippen LogP contribution in [0.25, 0.3) is 0 Å². The van der Waals surface area contributed by atoms with Crippen LogP contribution in [0.2, 0.25) is 5.02 Å². The van der Waals surface area contributed by atoms with Gasteiger partial charge in [-0.2, -0.15) is 0 Å². The van der Waals surface area contributed by atoms with Crippen molar-refractivity contribution in [2.24, 2.45) is 0 Å². The third kappa shape index (κ3) is 4.34. The number of hydrogen-bond acceptors (Lipinski definition) is 2. The van der Waals surface area contributed by atoms with Crippen LogP contribution in [0.3, 0.4) is 0 Å². The number of nitrogens with zero attached hydrogens (tertiary/aromatic N) is 1. The Kier molecular flexibility index (Phi) is 5.17. The van der Waals surface area contributed by atoms with Crippen molar-refractivity contribution < 1.29 is 9.18 Å². The van der Waals surface area contributed by atoms with Crippen molar-refractivity contribution >= 4 is 23.2 Å². The Morgan fingerprint density at radius 2 is 1.83 bits per heavy atom. The fraction of sp³-hybridized carbons (Fsp3) is 0.316. The number of anilines is 1. The summed E-state index contributed by atoms with van der Waals surface area (Å²) in [6.45, 7) is 2.55. The maximum absolute atomic E-state index is 13.1. The molecule has 0 aromatic heterocycles. The number of carbonyl (C=O) groups is 1. The van der Waals surface area contributed by atoms with Gasteiger partial charge in [0.15, 0.2) is 0 Å². The van der Waals surface area contributed by atoms with Gasteiger partial charge in [-0.25, -0.2) is 4.39 Å². The molecule has 1 amide bonds. The van der Waals surface area contributed by atoms with Gasteiger partial charge in [0, 0.05) is 23.3 Å². The minimum Gasteiger partial charge on any atom is -0.325 e. The number of nitrogens with one attached hydrogen (secondary N) is 1. The number of benzene rings is 2. The van der Waals surface area contributed by atoms with Crippen molar-refractivity contribution in [3.63, 3.8) is 0 Å². The lowest BCUT2D eigenvalue weighted by molar-refractivity contribution is -0.121. The fourth-order valence-corrected chi connectivity index (χ4v) is 2.85. The summed E-state index contributed by atoms with van der Waals surface area (Å²) in [5.41, 5.74) is 1.74. The van der Waals surface area contributed by atoms with Crippen molar-refractivity contribution in [3.8, 4) is 0 Å². The monoisotopic (exact) mass is 346 g/mol. The van der Waals surface area contributed by atoms with Gasteiger partial charge in [-0.15, -0.1) is 0 Å². The first-order valence-electron chi connectivity index (χ1n) is 8.09. The summed E-state index contributed by atoms with van der Waals surface area (Å²) in [5, 5.41) is 3.56. The van der Waals surface area contributed by atoms with Crippen molar-refractivity contribution in [2.45, 2.75) is 38.4 Å². The third-order valence-corrected chi connectivity index (χ3v) is 4.53. The lowest BCUT2D eigenvalue weighted by Crippen LogP contribution is -2.42. The highest BCUT2D eigenvalue weighted by Crippen LogP contribution is 2.30. The quantitative estimate of drug-likeness (QED) is 0.837. The number of halogens is 2. The van der Waals surface area contributed by atoms with Crippen LogP contribution >= 0.6 is 11.6 Å². The largest absolute Gasteiger partial charge is 0.325 e. The minimum atomic E-state index is -0.266. The van der Waals surface area contributed by atoms with Crippen molar-refractivity contribution in [2.75, 3.05) is 5.32 Å². The Morgan fingerprint density at radius 3 is 2.42 bits per heavy atom. The van der Waals surface area contributed by atoms with E-state index in [-0.39, 0.29) is 17.8 Å². The average molecular weight is 347 g/mol. The van der Waals surface area contributed by atoms with Gasteiger partial charge in [-0.05, 0) is 61.7 Å². The molecule has 0 bridgehead atoms. The highest BCUT2D eigenvalue weighted by Gasteiger charge is 2.35. The summed E-state index contributed by atoms with van der Waals surface area (Å²) in [7, 11) is 0. The van der Waals surface area contributed by atoms with Gasteiger partial charge in [-0.3, -0.25) is 9.69 Å². The van der Waals surface area contributed by atoms with E-state index in [1.165, 1.54) is 12.1 Å². The lowest BCUT2D eigenvalue weighted by atomic mass is 10.1. The first kappa shape index (κ1) is 16.9. The SMILES string of the molecule is C[C@H](C(=O)Nc1ccc(Cl)cc1)N(Cc1ccc(F)cc1)C1CC1. The van der Waals surface area contributed by atoms with E-state index in [1.54, 1.807) is 36.4 Å². The zero-order valence-electron chi connectivity index (χ0n) is 13.5. The highest BCUT2D eigenvalue weighted by molar-refractivity contribution is 6.30. The maximum atomic E-state index is 13.1. The molecule has 0 heterocycles. The van der Waals surface area contributed by atoms with Crippen molar-refractivity contribution in [1.29, 1.82) is 0 Å². The molecule has 1 saturated carbocycles. The van der Waals surface area contributed by atoms with Crippen LogP contribution in [0.4, 0.5) is 10.1 Å². The Bertz CT molecular complexity index is 698. The summed E-state index contributed by atoms with van der Waals surface area (Å²) in [6.07, 6.45) is 2.19. The van der Waals surface area contributed by atoms with Crippen molar-refractivity contribution in [1.82, 2.24) is 4.90 Å². The molecule has 126 valence electrons. The van der Waals surface area contributed by atoms with E-state index in [9.17, 15) is 9.18 Å². The summed E-state index contributed by atoms with van der Waals surface area (Å²) in [5.74, 6) is -0.295. The zero-order valence-corrected chi connectivity index (χ0v) is 14.3. The summed E-state index contributed by atoms with van der Waals surface area (Å²) in [4.78, 5) is 14.7. The smallest absolute Gasteiger partial charge is 0.241 e. The first-order chi connectivity index (χ1) is 11.5. The normalized spacial score (nSPS) is 15.3. The van der Waals surface area contributed by atoms with Crippen LogP contribution in [-0.4, -0.2) is 22.9 Å². The fourth-order valence-electron chi connectivity index (χ4n) is 2.72. The topological polar surface area (TPSA) is 32.3 Å². The van der Waals surface area contributed by atoms with Crippen LogP contribution in [0.5, 0.6) is 0 Å². The van der Waals surface area contributed by atoms with E-state index in [1.807, 2.05) is 6.92 Å². The van der Waals surface area contributed by atoms with Crippen LogP contribution in [0.15, 0.2) is 48.5 Å². The highest BCUT2D eigenvalue weighted by atomic mass is 35.5. The molecule has 0 radical (unpaired) electrons. The second kappa shape index (κ2) is 7.32. The minimum absolute atomic E-state index is 0.0497. The molecule has 0 saturated heterocycles. The number of hydrogen-bond donors (Lipinski definition) is 1. The van der Waals surface area contributed by atoms with E-state index in [4.69, 9.17) is 11.6 Å². The molecule has 2 aromatic carbocycles. The number of carbonyl (C=O) groups excluding carboxylic acids is 1. The van der Waals surface area contributed by atoms with E-state index < -0.39 is 0 Å². The molecule has 1 fully saturated rings. The Hall–Kier alpha value is -1.91. The molecule has 0 unspecified atom stereocenters. The zero-order chi connectivity index (χ0) is 17.1. The molecular formula is C19H20ClFN2O. The molecule has 1 aliphatic rings. The molecule has 0 spiro atoms. The van der Waals surface area contributed by atoms with E-state index in [2.05, 4.69) is 10.2 Å². The van der Waals surface area contributed by atoms with Gasteiger partial charge in [0.1, 0.15) is 5.82 Å². The predicted octanol–water partition coefficient (Wildman–Crippen LogP) is 4.47. The summed E-state index contributed by atoms with van der Waals surface area (Å²) in [6, 6.07) is 13.7. The van der Waals surface area contributed by atoms with Gasteiger partial charge >= 0.3 is 0 Å². The van der Waals surface area contributed by atoms with Crippen LogP contribution in [0.1, 0.15) is 25.3 Å². The molecule has 2 aromatic rings. The first-order valence-corrected chi connectivity index (χ1v) is 8.47. The molecule has 3 rings (SSSR count). The number of amides is 1. The lowest BCUT2D eigenvalue weighted by Gasteiger charge is -2.28. The Morgan fingerprint density at radius 1 is 1.21 bits per heavy atom. The second-order valence-corrected chi connectivity index (χ2v) is 6.64. The van der Waals surface area contributed by atoms with Gasteiger partial charge in [0.2, 0.25) is 5.91 Å². The van der Waals surface area contributed by atoms with E-state index >= 15 is 0 Å².